The quantitative estimate of drug-likeness (QED) is 0.810. The van der Waals surface area contributed by atoms with Crippen molar-refractivity contribution in [1.29, 1.82) is 0 Å². The molecule has 1 aromatic rings. The van der Waals surface area contributed by atoms with Gasteiger partial charge in [-0.1, -0.05) is 24.3 Å². The summed E-state index contributed by atoms with van der Waals surface area (Å²) in [5.74, 6) is 0.686. The van der Waals surface area contributed by atoms with Gasteiger partial charge in [0.25, 0.3) is 0 Å². The van der Waals surface area contributed by atoms with Gasteiger partial charge in [0.1, 0.15) is 6.10 Å². The number of benzene rings is 1. The van der Waals surface area contributed by atoms with Crippen LogP contribution in [0.4, 0.5) is 0 Å². The molecular formula is C15H19NO2. The van der Waals surface area contributed by atoms with Crippen molar-refractivity contribution in [3.63, 3.8) is 0 Å². The van der Waals surface area contributed by atoms with E-state index < -0.39 is 0 Å². The highest BCUT2D eigenvalue weighted by Crippen LogP contribution is 2.37. The van der Waals surface area contributed by atoms with Crippen LogP contribution in [0.3, 0.4) is 0 Å². The molecule has 1 heterocycles. The van der Waals surface area contributed by atoms with Gasteiger partial charge in [0, 0.05) is 19.5 Å². The molecule has 0 spiro atoms. The predicted octanol–water partition coefficient (Wildman–Crippen LogP) is 1.62. The fourth-order valence-electron chi connectivity index (χ4n) is 2.89. The summed E-state index contributed by atoms with van der Waals surface area (Å²) in [4.78, 5) is 14.4. The van der Waals surface area contributed by atoms with Gasteiger partial charge in [0.2, 0.25) is 0 Å². The van der Waals surface area contributed by atoms with Crippen molar-refractivity contribution >= 4 is 5.78 Å². The summed E-state index contributed by atoms with van der Waals surface area (Å²) in [5.41, 5.74) is 2.76. The average molecular weight is 245 g/mol. The molecule has 3 heteroatoms. The van der Waals surface area contributed by atoms with Crippen LogP contribution in [0.15, 0.2) is 24.3 Å². The normalized spacial score (nSPS) is 27.4. The summed E-state index contributed by atoms with van der Waals surface area (Å²) in [7, 11) is 2.04. The molecule has 1 saturated heterocycles. The first-order chi connectivity index (χ1) is 8.74. The van der Waals surface area contributed by atoms with Gasteiger partial charge in [-0.3, -0.25) is 4.79 Å². The van der Waals surface area contributed by atoms with Crippen molar-refractivity contribution in [2.75, 3.05) is 26.7 Å². The van der Waals surface area contributed by atoms with Gasteiger partial charge >= 0.3 is 0 Å². The Morgan fingerprint density at radius 2 is 2.28 bits per heavy atom. The molecule has 0 N–H and O–H groups in total. The summed E-state index contributed by atoms with van der Waals surface area (Å²) < 4.78 is 5.58. The number of Topliss-reactive ketones (excluding diaryl/α,β-unsaturated/α-hetero) is 1. The van der Waals surface area contributed by atoms with Crippen LogP contribution in [-0.4, -0.2) is 43.5 Å². The zero-order chi connectivity index (χ0) is 12.5. The fraction of sp³-hybridized carbons (Fsp3) is 0.533. The van der Waals surface area contributed by atoms with Crippen molar-refractivity contribution in [1.82, 2.24) is 4.90 Å². The first-order valence-electron chi connectivity index (χ1n) is 6.64. The van der Waals surface area contributed by atoms with E-state index in [0.29, 0.717) is 18.9 Å². The van der Waals surface area contributed by atoms with Crippen LogP contribution in [0, 0.1) is 0 Å². The summed E-state index contributed by atoms with van der Waals surface area (Å²) >= 11 is 0. The predicted molar refractivity (Wildman–Crippen MR) is 69.7 cm³/mol. The highest BCUT2D eigenvalue weighted by atomic mass is 16.5. The first kappa shape index (κ1) is 11.9. The van der Waals surface area contributed by atoms with Crippen LogP contribution in [0.2, 0.25) is 0 Å². The van der Waals surface area contributed by atoms with Gasteiger partial charge in [0.05, 0.1) is 6.61 Å². The van der Waals surface area contributed by atoms with E-state index in [2.05, 4.69) is 29.2 Å². The van der Waals surface area contributed by atoms with Gasteiger partial charge in [-0.15, -0.1) is 0 Å². The molecule has 0 radical (unpaired) electrons. The highest BCUT2D eigenvalue weighted by molar-refractivity contribution is 5.84. The Bertz CT molecular complexity index is 458. The molecule has 1 aliphatic heterocycles. The largest absolute Gasteiger partial charge is 0.368 e. The summed E-state index contributed by atoms with van der Waals surface area (Å²) in [6, 6.07) is 8.42. The molecule has 1 aromatic carbocycles. The minimum Gasteiger partial charge on any atom is -0.368 e. The number of carbonyl (C=O) groups is 1. The Morgan fingerprint density at radius 3 is 3.06 bits per heavy atom. The molecule has 0 saturated carbocycles. The van der Waals surface area contributed by atoms with Gasteiger partial charge in [-0.25, -0.2) is 0 Å². The van der Waals surface area contributed by atoms with Crippen molar-refractivity contribution in [3.05, 3.63) is 35.4 Å². The topological polar surface area (TPSA) is 29.5 Å². The van der Waals surface area contributed by atoms with E-state index in [1.807, 2.05) is 7.05 Å². The molecule has 1 aliphatic carbocycles. The van der Waals surface area contributed by atoms with Crippen LogP contribution in [-0.2, 0) is 16.0 Å². The van der Waals surface area contributed by atoms with Crippen molar-refractivity contribution < 1.29 is 9.53 Å². The van der Waals surface area contributed by atoms with Crippen molar-refractivity contribution in [2.45, 2.75) is 24.9 Å². The molecule has 2 aliphatic rings. The molecule has 18 heavy (non-hydrogen) atoms. The molecule has 3 rings (SSSR count). The number of fused-ring (bicyclic) bond motifs is 1. The molecule has 2 unspecified atom stereocenters. The summed E-state index contributed by atoms with van der Waals surface area (Å²) in [6.45, 7) is 2.34. The minimum atomic E-state index is -0.212. The Labute approximate surface area is 108 Å². The molecule has 3 nitrogen and oxygen atoms in total. The Hall–Kier alpha value is -1.19. The average Bonchev–Trinajstić information content (AvgIpc) is 2.36. The van der Waals surface area contributed by atoms with Gasteiger partial charge in [-0.05, 0) is 30.5 Å². The molecule has 96 valence electrons. The van der Waals surface area contributed by atoms with Crippen LogP contribution < -0.4 is 0 Å². The van der Waals surface area contributed by atoms with Crippen molar-refractivity contribution in [3.8, 4) is 0 Å². The maximum atomic E-state index is 12.2. The van der Waals surface area contributed by atoms with E-state index in [0.717, 1.165) is 19.5 Å². The second kappa shape index (κ2) is 4.82. The van der Waals surface area contributed by atoms with E-state index in [9.17, 15) is 4.79 Å². The number of hydrogen-bond acceptors (Lipinski definition) is 3. The molecule has 0 aromatic heterocycles. The van der Waals surface area contributed by atoms with Crippen molar-refractivity contribution in [2.24, 2.45) is 0 Å². The lowest BCUT2D eigenvalue weighted by molar-refractivity contribution is -0.136. The zero-order valence-electron chi connectivity index (χ0n) is 10.8. The van der Waals surface area contributed by atoms with E-state index in [4.69, 9.17) is 4.74 Å². The van der Waals surface area contributed by atoms with E-state index in [1.165, 1.54) is 11.1 Å². The van der Waals surface area contributed by atoms with E-state index >= 15 is 0 Å². The lowest BCUT2D eigenvalue weighted by Crippen LogP contribution is -2.44. The summed E-state index contributed by atoms with van der Waals surface area (Å²) in [6.07, 6.45) is 1.47. The third kappa shape index (κ3) is 2.20. The number of carbonyl (C=O) groups excluding carboxylic acids is 1. The van der Waals surface area contributed by atoms with Crippen LogP contribution in [0.5, 0.6) is 0 Å². The van der Waals surface area contributed by atoms with Gasteiger partial charge in [-0.2, -0.15) is 0 Å². The third-order valence-electron chi connectivity index (χ3n) is 4.04. The second-order valence-electron chi connectivity index (χ2n) is 5.39. The number of hydrogen-bond donors (Lipinski definition) is 0. The lowest BCUT2D eigenvalue weighted by Gasteiger charge is -2.33. The maximum Gasteiger partial charge on any atom is 0.163 e. The van der Waals surface area contributed by atoms with Crippen LogP contribution in [0.25, 0.3) is 0 Å². The first-order valence-corrected chi connectivity index (χ1v) is 6.64. The zero-order valence-corrected chi connectivity index (χ0v) is 10.8. The Balaban J connectivity index is 1.60. The Kier molecular flexibility index (Phi) is 3.18. The molecule has 1 fully saturated rings. The number of ether oxygens (including phenoxy) is 1. The fourth-order valence-corrected chi connectivity index (χ4v) is 2.89. The number of morpholine rings is 1. The van der Waals surface area contributed by atoms with Crippen LogP contribution in [0.1, 0.15) is 23.5 Å². The molecule has 0 bridgehead atoms. The van der Waals surface area contributed by atoms with Gasteiger partial charge < -0.3 is 9.64 Å². The standard InChI is InChI=1S/C15H19NO2/c1-16-6-7-18-15(10-16)14(17)9-12-8-11-4-2-3-5-13(11)12/h2-5,12,15H,6-10H2,1H3. The summed E-state index contributed by atoms with van der Waals surface area (Å²) in [5, 5.41) is 0. The highest BCUT2D eigenvalue weighted by Gasteiger charge is 2.31. The maximum absolute atomic E-state index is 12.2. The lowest BCUT2D eigenvalue weighted by atomic mass is 9.74. The smallest absolute Gasteiger partial charge is 0.163 e. The number of rotatable bonds is 3. The number of nitrogens with zero attached hydrogens (tertiary/aromatic N) is 1. The van der Waals surface area contributed by atoms with E-state index in [1.54, 1.807) is 0 Å². The van der Waals surface area contributed by atoms with Crippen LogP contribution >= 0.6 is 0 Å². The van der Waals surface area contributed by atoms with Gasteiger partial charge in [0.15, 0.2) is 5.78 Å². The monoisotopic (exact) mass is 245 g/mol. The molecular weight excluding hydrogens is 226 g/mol. The number of likely N-dealkylation sites (N-methyl/N-ethyl adjacent to an activating group) is 1. The Morgan fingerprint density at radius 1 is 1.44 bits per heavy atom. The molecule has 0 amide bonds. The molecule has 2 atom stereocenters. The second-order valence-corrected chi connectivity index (χ2v) is 5.39. The third-order valence-corrected chi connectivity index (χ3v) is 4.04. The SMILES string of the molecule is CN1CCOC(C(=O)CC2Cc3ccccc32)C1. The minimum absolute atomic E-state index is 0.212. The number of ketones is 1. The van der Waals surface area contributed by atoms with E-state index in [-0.39, 0.29) is 11.9 Å².